The summed E-state index contributed by atoms with van der Waals surface area (Å²) in [5, 5.41) is 3.53. The molecule has 1 unspecified atom stereocenters. The Morgan fingerprint density at radius 3 is 2.78 bits per heavy atom. The van der Waals surface area contributed by atoms with E-state index in [1.807, 2.05) is 0 Å². The summed E-state index contributed by atoms with van der Waals surface area (Å²) in [4.78, 5) is 4.89. The quantitative estimate of drug-likeness (QED) is 0.859. The highest BCUT2D eigenvalue weighted by Gasteiger charge is 2.23. The van der Waals surface area contributed by atoms with Crippen LogP contribution in [-0.2, 0) is 0 Å². The number of benzene rings is 1. The zero-order valence-corrected chi connectivity index (χ0v) is 11.8. The van der Waals surface area contributed by atoms with E-state index in [0.717, 1.165) is 19.1 Å². The van der Waals surface area contributed by atoms with Crippen LogP contribution in [0, 0.1) is 6.92 Å². The van der Waals surface area contributed by atoms with Gasteiger partial charge in [0.25, 0.3) is 0 Å². The molecule has 0 radical (unpaired) electrons. The molecule has 1 atom stereocenters. The molecule has 100 valence electrons. The average molecular weight is 247 g/mol. The van der Waals surface area contributed by atoms with Crippen molar-refractivity contribution in [2.75, 3.05) is 45.6 Å². The average Bonchev–Trinajstić information content (AvgIpc) is 2.80. The zero-order chi connectivity index (χ0) is 13.0. The van der Waals surface area contributed by atoms with Gasteiger partial charge in [-0.05, 0) is 45.6 Å². The van der Waals surface area contributed by atoms with E-state index in [2.05, 4.69) is 60.4 Å². The van der Waals surface area contributed by atoms with Crippen LogP contribution in [0.5, 0.6) is 0 Å². The number of para-hydroxylation sites is 1. The number of aryl methyl sites for hydroxylation is 1. The SMILES string of the molecule is Cc1ccccc1NCCN1CCC(N(C)C)C1. The number of hydrogen-bond donors (Lipinski definition) is 1. The molecule has 18 heavy (non-hydrogen) atoms. The molecule has 3 heteroatoms. The van der Waals surface area contributed by atoms with Gasteiger partial charge in [0.05, 0.1) is 0 Å². The van der Waals surface area contributed by atoms with Crippen LogP contribution in [0.4, 0.5) is 5.69 Å². The van der Waals surface area contributed by atoms with Gasteiger partial charge in [-0.2, -0.15) is 0 Å². The minimum atomic E-state index is 0.739. The zero-order valence-electron chi connectivity index (χ0n) is 11.8. The Hall–Kier alpha value is -1.06. The monoisotopic (exact) mass is 247 g/mol. The third-order valence-corrected chi connectivity index (χ3v) is 3.87. The third kappa shape index (κ3) is 3.47. The first-order valence-corrected chi connectivity index (χ1v) is 6.85. The Labute approximate surface area is 111 Å². The molecule has 0 aliphatic carbocycles. The van der Waals surface area contributed by atoms with Crippen LogP contribution in [0.3, 0.4) is 0 Å². The lowest BCUT2D eigenvalue weighted by Gasteiger charge is -2.20. The van der Waals surface area contributed by atoms with E-state index in [0.29, 0.717) is 0 Å². The number of anilines is 1. The Morgan fingerprint density at radius 1 is 1.33 bits per heavy atom. The summed E-state index contributed by atoms with van der Waals surface area (Å²) >= 11 is 0. The molecule has 1 saturated heterocycles. The van der Waals surface area contributed by atoms with Gasteiger partial charge in [0.2, 0.25) is 0 Å². The fraction of sp³-hybridized carbons (Fsp3) is 0.600. The second-order valence-electron chi connectivity index (χ2n) is 5.45. The lowest BCUT2D eigenvalue weighted by Crippen LogP contribution is -2.33. The van der Waals surface area contributed by atoms with E-state index >= 15 is 0 Å². The van der Waals surface area contributed by atoms with E-state index in [1.165, 1.54) is 30.8 Å². The molecular weight excluding hydrogens is 222 g/mol. The van der Waals surface area contributed by atoms with Crippen molar-refractivity contribution in [1.82, 2.24) is 9.80 Å². The Bertz CT molecular complexity index is 376. The number of hydrogen-bond acceptors (Lipinski definition) is 3. The number of likely N-dealkylation sites (N-methyl/N-ethyl adjacent to an activating group) is 1. The van der Waals surface area contributed by atoms with Gasteiger partial charge in [-0.15, -0.1) is 0 Å². The minimum Gasteiger partial charge on any atom is -0.384 e. The molecule has 1 heterocycles. The molecule has 1 fully saturated rings. The van der Waals surface area contributed by atoms with E-state index in [-0.39, 0.29) is 0 Å². The lowest BCUT2D eigenvalue weighted by molar-refractivity contribution is 0.273. The standard InChI is InChI=1S/C15H25N3/c1-13-6-4-5-7-15(13)16-9-11-18-10-8-14(12-18)17(2)3/h4-7,14,16H,8-12H2,1-3H3. The molecular formula is C15H25N3. The second-order valence-corrected chi connectivity index (χ2v) is 5.45. The topological polar surface area (TPSA) is 18.5 Å². The van der Waals surface area contributed by atoms with Gasteiger partial charge >= 0.3 is 0 Å². The third-order valence-electron chi connectivity index (χ3n) is 3.87. The van der Waals surface area contributed by atoms with Crippen LogP contribution in [0.15, 0.2) is 24.3 Å². The minimum absolute atomic E-state index is 0.739. The molecule has 0 spiro atoms. The van der Waals surface area contributed by atoms with E-state index in [9.17, 15) is 0 Å². The number of rotatable bonds is 5. The predicted molar refractivity (Wildman–Crippen MR) is 78.2 cm³/mol. The van der Waals surface area contributed by atoms with Gasteiger partial charge in [-0.3, -0.25) is 4.90 Å². The lowest BCUT2D eigenvalue weighted by atomic mass is 10.2. The molecule has 1 aromatic rings. The summed E-state index contributed by atoms with van der Waals surface area (Å²) in [6, 6.07) is 9.22. The van der Waals surface area contributed by atoms with Crippen LogP contribution in [0.2, 0.25) is 0 Å². The maximum Gasteiger partial charge on any atom is 0.0370 e. The summed E-state index contributed by atoms with van der Waals surface area (Å²) in [6.45, 7) is 6.77. The predicted octanol–water partition coefficient (Wildman–Crippen LogP) is 2.04. The second kappa shape index (κ2) is 6.21. The van der Waals surface area contributed by atoms with Crippen molar-refractivity contribution in [2.24, 2.45) is 0 Å². The van der Waals surface area contributed by atoms with Crippen LogP contribution >= 0.6 is 0 Å². The number of likely N-dealkylation sites (tertiary alicyclic amines) is 1. The summed E-state index contributed by atoms with van der Waals surface area (Å²) in [7, 11) is 4.36. The smallest absolute Gasteiger partial charge is 0.0370 e. The maximum absolute atomic E-state index is 3.53. The van der Waals surface area contributed by atoms with E-state index < -0.39 is 0 Å². The Kier molecular flexibility index (Phi) is 4.61. The molecule has 1 N–H and O–H groups in total. The molecule has 1 aliphatic rings. The Morgan fingerprint density at radius 2 is 2.11 bits per heavy atom. The molecule has 0 amide bonds. The fourth-order valence-electron chi connectivity index (χ4n) is 2.56. The van der Waals surface area contributed by atoms with Crippen molar-refractivity contribution in [2.45, 2.75) is 19.4 Å². The molecule has 1 aromatic carbocycles. The normalized spacial score (nSPS) is 20.6. The van der Waals surface area contributed by atoms with Gasteiger partial charge in [0, 0.05) is 31.4 Å². The van der Waals surface area contributed by atoms with E-state index in [1.54, 1.807) is 0 Å². The first-order chi connectivity index (χ1) is 8.66. The number of nitrogens with one attached hydrogen (secondary N) is 1. The van der Waals surface area contributed by atoms with Gasteiger partial charge in [0.1, 0.15) is 0 Å². The number of nitrogens with zero attached hydrogens (tertiary/aromatic N) is 2. The van der Waals surface area contributed by atoms with Crippen LogP contribution in [0.25, 0.3) is 0 Å². The summed E-state index contributed by atoms with van der Waals surface area (Å²) in [5.74, 6) is 0. The van der Waals surface area contributed by atoms with Gasteiger partial charge < -0.3 is 10.2 Å². The molecule has 1 aliphatic heterocycles. The summed E-state index contributed by atoms with van der Waals surface area (Å²) in [6.07, 6.45) is 1.30. The van der Waals surface area contributed by atoms with Crippen LogP contribution in [0.1, 0.15) is 12.0 Å². The van der Waals surface area contributed by atoms with Crippen molar-refractivity contribution in [1.29, 1.82) is 0 Å². The molecule has 0 aromatic heterocycles. The van der Waals surface area contributed by atoms with Crippen molar-refractivity contribution in [3.8, 4) is 0 Å². The Balaban J connectivity index is 1.72. The van der Waals surface area contributed by atoms with Gasteiger partial charge in [-0.25, -0.2) is 0 Å². The highest BCUT2D eigenvalue weighted by Crippen LogP contribution is 2.14. The largest absolute Gasteiger partial charge is 0.384 e. The summed E-state index contributed by atoms with van der Waals surface area (Å²) < 4.78 is 0. The molecule has 0 saturated carbocycles. The van der Waals surface area contributed by atoms with Crippen molar-refractivity contribution < 1.29 is 0 Å². The first kappa shape index (κ1) is 13.4. The maximum atomic E-state index is 3.53. The van der Waals surface area contributed by atoms with Gasteiger partial charge in [0.15, 0.2) is 0 Å². The van der Waals surface area contributed by atoms with Gasteiger partial charge in [-0.1, -0.05) is 18.2 Å². The first-order valence-electron chi connectivity index (χ1n) is 6.85. The van der Waals surface area contributed by atoms with Crippen molar-refractivity contribution in [3.63, 3.8) is 0 Å². The molecule has 0 bridgehead atoms. The highest BCUT2D eigenvalue weighted by atomic mass is 15.2. The molecule has 3 nitrogen and oxygen atoms in total. The summed E-state index contributed by atoms with van der Waals surface area (Å²) in [5.41, 5.74) is 2.59. The van der Waals surface area contributed by atoms with Crippen molar-refractivity contribution >= 4 is 5.69 Å². The van der Waals surface area contributed by atoms with E-state index in [4.69, 9.17) is 0 Å². The highest BCUT2D eigenvalue weighted by molar-refractivity contribution is 5.50. The molecule has 2 rings (SSSR count). The van der Waals surface area contributed by atoms with Crippen LogP contribution in [-0.4, -0.2) is 56.1 Å². The van der Waals surface area contributed by atoms with Crippen LogP contribution < -0.4 is 5.32 Å². The fourth-order valence-corrected chi connectivity index (χ4v) is 2.56. The van der Waals surface area contributed by atoms with Crippen molar-refractivity contribution in [3.05, 3.63) is 29.8 Å².